The van der Waals surface area contributed by atoms with Crippen LogP contribution in [0.4, 0.5) is 0 Å². The maximum Gasteiger partial charge on any atom is 0.358 e. The molecule has 120 valence electrons. The molecule has 3 aromatic rings. The van der Waals surface area contributed by atoms with Crippen LogP contribution in [0.2, 0.25) is 0 Å². The number of aromatic nitrogens is 3. The fraction of sp³-hybridized carbons (Fsp3) is 0.222. The lowest BCUT2D eigenvalue weighted by molar-refractivity contribution is 0.0265. The first-order valence-electron chi connectivity index (χ1n) is 7.80. The molecule has 0 bridgehead atoms. The Balaban J connectivity index is 1.45. The van der Waals surface area contributed by atoms with Crippen LogP contribution in [0.15, 0.2) is 48.1 Å². The monoisotopic (exact) mass is 337 g/mol. The summed E-state index contributed by atoms with van der Waals surface area (Å²) < 4.78 is 5.65. The number of hydrogen-bond donors (Lipinski definition) is 0. The normalized spacial score (nSPS) is 16.4. The molecule has 1 aromatic carbocycles. The number of thiazole rings is 1. The Hall–Kier alpha value is -2.60. The van der Waals surface area contributed by atoms with Gasteiger partial charge in [-0.05, 0) is 30.0 Å². The molecule has 24 heavy (non-hydrogen) atoms. The van der Waals surface area contributed by atoms with Crippen molar-refractivity contribution in [2.45, 2.75) is 25.4 Å². The average Bonchev–Trinajstić information content (AvgIpc) is 3.13. The average molecular weight is 337 g/mol. The highest BCUT2D eigenvalue weighted by molar-refractivity contribution is 7.13. The molecule has 1 aliphatic carbocycles. The molecule has 2 aromatic heterocycles. The quantitative estimate of drug-likeness (QED) is 0.686. The number of rotatable bonds is 3. The minimum atomic E-state index is -0.377. The van der Waals surface area contributed by atoms with Gasteiger partial charge in [0.05, 0.1) is 0 Å². The van der Waals surface area contributed by atoms with E-state index < -0.39 is 0 Å². The molecule has 4 rings (SSSR count). The number of carbonyl (C=O) groups excluding carboxylic acids is 1. The van der Waals surface area contributed by atoms with Gasteiger partial charge in [0.2, 0.25) is 0 Å². The maximum atomic E-state index is 12.4. The van der Waals surface area contributed by atoms with E-state index in [1.165, 1.54) is 22.5 Å². The smallest absolute Gasteiger partial charge is 0.358 e. The van der Waals surface area contributed by atoms with Crippen LogP contribution in [0.25, 0.3) is 10.8 Å². The van der Waals surface area contributed by atoms with E-state index in [9.17, 15) is 4.79 Å². The molecule has 0 fully saturated rings. The molecule has 2 heterocycles. The van der Waals surface area contributed by atoms with Gasteiger partial charge in [0.1, 0.15) is 6.10 Å². The second kappa shape index (κ2) is 6.49. The molecule has 0 unspecified atom stereocenters. The molecular weight excluding hydrogens is 322 g/mol. The second-order valence-corrected chi connectivity index (χ2v) is 6.51. The predicted molar refractivity (Wildman–Crippen MR) is 90.8 cm³/mol. The predicted octanol–water partition coefficient (Wildman–Crippen LogP) is 3.31. The van der Waals surface area contributed by atoms with E-state index in [-0.39, 0.29) is 12.1 Å². The van der Waals surface area contributed by atoms with Crippen LogP contribution >= 0.6 is 11.3 Å². The van der Waals surface area contributed by atoms with Crippen molar-refractivity contribution in [1.29, 1.82) is 0 Å². The number of aryl methyl sites for hydroxylation is 1. The molecule has 6 heteroatoms. The van der Waals surface area contributed by atoms with Crippen molar-refractivity contribution in [2.24, 2.45) is 0 Å². The SMILES string of the molecule is O=C(O[C@H]1CCc2ccccc2C1)c1csc(-c2ncccn2)n1. The molecule has 0 saturated heterocycles. The summed E-state index contributed by atoms with van der Waals surface area (Å²) in [7, 11) is 0. The number of esters is 1. The first-order chi connectivity index (χ1) is 11.8. The molecule has 0 amide bonds. The van der Waals surface area contributed by atoms with Crippen LogP contribution in [-0.4, -0.2) is 27.0 Å². The first kappa shape index (κ1) is 15.0. The largest absolute Gasteiger partial charge is 0.457 e. The van der Waals surface area contributed by atoms with Crippen molar-refractivity contribution in [3.63, 3.8) is 0 Å². The summed E-state index contributed by atoms with van der Waals surface area (Å²) in [5, 5.41) is 2.32. The number of benzene rings is 1. The van der Waals surface area contributed by atoms with Gasteiger partial charge in [-0.15, -0.1) is 11.3 Å². The highest BCUT2D eigenvalue weighted by Crippen LogP contribution is 2.25. The van der Waals surface area contributed by atoms with Crippen LogP contribution in [0.3, 0.4) is 0 Å². The van der Waals surface area contributed by atoms with Crippen LogP contribution in [0.1, 0.15) is 28.0 Å². The molecule has 5 nitrogen and oxygen atoms in total. The van der Waals surface area contributed by atoms with Crippen molar-refractivity contribution in [1.82, 2.24) is 15.0 Å². The first-order valence-corrected chi connectivity index (χ1v) is 8.68. The summed E-state index contributed by atoms with van der Waals surface area (Å²) in [6, 6.07) is 10.1. The molecule has 0 spiro atoms. The highest BCUT2D eigenvalue weighted by atomic mass is 32.1. The van der Waals surface area contributed by atoms with Gasteiger partial charge in [0.25, 0.3) is 0 Å². The van der Waals surface area contributed by atoms with Gasteiger partial charge in [-0.3, -0.25) is 0 Å². The second-order valence-electron chi connectivity index (χ2n) is 5.65. The van der Waals surface area contributed by atoms with Crippen molar-refractivity contribution >= 4 is 17.3 Å². The van der Waals surface area contributed by atoms with E-state index in [2.05, 4.69) is 27.1 Å². The Morgan fingerprint density at radius 1 is 1.12 bits per heavy atom. The summed E-state index contributed by atoms with van der Waals surface area (Å²) in [6.07, 6.45) is 5.77. The van der Waals surface area contributed by atoms with Gasteiger partial charge in [-0.1, -0.05) is 24.3 Å². The standard InChI is InChI=1S/C18H15N3O2S/c22-18(15-11-24-17(21-15)16-19-8-3-9-20-16)23-14-7-6-12-4-1-2-5-13(12)10-14/h1-5,8-9,11,14H,6-7,10H2/t14-/m0/s1. The van der Waals surface area contributed by atoms with Gasteiger partial charge in [-0.25, -0.2) is 19.7 Å². The minimum Gasteiger partial charge on any atom is -0.457 e. The van der Waals surface area contributed by atoms with Crippen LogP contribution in [0, 0.1) is 0 Å². The molecule has 1 atom stereocenters. The Bertz CT molecular complexity index is 863. The topological polar surface area (TPSA) is 65.0 Å². The maximum absolute atomic E-state index is 12.4. The zero-order valence-corrected chi connectivity index (χ0v) is 13.7. The van der Waals surface area contributed by atoms with E-state index in [1.54, 1.807) is 23.8 Å². The van der Waals surface area contributed by atoms with Crippen molar-refractivity contribution in [3.8, 4) is 10.8 Å². The Kier molecular flexibility index (Phi) is 4.04. The number of nitrogens with zero attached hydrogens (tertiary/aromatic N) is 3. The van der Waals surface area contributed by atoms with Crippen molar-refractivity contribution in [3.05, 3.63) is 64.9 Å². The molecular formula is C18H15N3O2S. The van der Waals surface area contributed by atoms with Crippen LogP contribution in [0.5, 0.6) is 0 Å². The van der Waals surface area contributed by atoms with E-state index in [0.29, 0.717) is 16.5 Å². The van der Waals surface area contributed by atoms with E-state index in [1.807, 2.05) is 12.1 Å². The van der Waals surface area contributed by atoms with E-state index in [4.69, 9.17) is 4.74 Å². The molecule has 0 N–H and O–H groups in total. The van der Waals surface area contributed by atoms with E-state index >= 15 is 0 Å². The summed E-state index contributed by atoms with van der Waals surface area (Å²) in [5.41, 5.74) is 2.93. The van der Waals surface area contributed by atoms with Gasteiger partial charge in [0, 0.05) is 24.2 Å². The molecule has 0 radical (unpaired) electrons. The van der Waals surface area contributed by atoms with Crippen molar-refractivity contribution < 1.29 is 9.53 Å². The Labute approximate surface area is 143 Å². The van der Waals surface area contributed by atoms with Crippen LogP contribution in [-0.2, 0) is 17.6 Å². The van der Waals surface area contributed by atoms with Gasteiger partial charge < -0.3 is 4.74 Å². The molecule has 1 aliphatic rings. The minimum absolute atomic E-state index is 0.0921. The molecule has 0 aliphatic heterocycles. The summed E-state index contributed by atoms with van der Waals surface area (Å²) in [4.78, 5) is 25.0. The third-order valence-corrected chi connectivity index (χ3v) is 4.88. The fourth-order valence-electron chi connectivity index (χ4n) is 2.86. The zero-order valence-electron chi connectivity index (χ0n) is 12.9. The lowest BCUT2D eigenvalue weighted by atomic mass is 9.90. The number of carbonyl (C=O) groups is 1. The fourth-order valence-corrected chi connectivity index (χ4v) is 3.59. The lowest BCUT2D eigenvalue weighted by Crippen LogP contribution is -2.25. The third kappa shape index (κ3) is 3.05. The number of ether oxygens (including phenoxy) is 1. The van der Waals surface area contributed by atoms with Gasteiger partial charge >= 0.3 is 5.97 Å². The Morgan fingerprint density at radius 3 is 2.75 bits per heavy atom. The molecule has 0 saturated carbocycles. The third-order valence-electron chi connectivity index (χ3n) is 4.05. The summed E-state index contributed by atoms with van der Waals surface area (Å²) >= 11 is 1.34. The zero-order chi connectivity index (χ0) is 16.4. The van der Waals surface area contributed by atoms with E-state index in [0.717, 1.165) is 19.3 Å². The Morgan fingerprint density at radius 2 is 1.92 bits per heavy atom. The number of fused-ring (bicyclic) bond motifs is 1. The van der Waals surface area contributed by atoms with Crippen molar-refractivity contribution in [2.75, 3.05) is 0 Å². The summed E-state index contributed by atoms with van der Waals surface area (Å²) in [5.74, 6) is 0.144. The number of hydrogen-bond acceptors (Lipinski definition) is 6. The summed E-state index contributed by atoms with van der Waals surface area (Å²) in [6.45, 7) is 0. The van der Waals surface area contributed by atoms with Crippen LogP contribution < -0.4 is 0 Å². The lowest BCUT2D eigenvalue weighted by Gasteiger charge is -2.24. The van der Waals surface area contributed by atoms with Gasteiger partial charge in [0.15, 0.2) is 16.5 Å². The highest BCUT2D eigenvalue weighted by Gasteiger charge is 2.23. The van der Waals surface area contributed by atoms with Gasteiger partial charge in [-0.2, -0.15) is 0 Å².